The number of carbonyl (C=O) groups is 2. The summed E-state index contributed by atoms with van der Waals surface area (Å²) in [6, 6.07) is 4.95. The van der Waals surface area contributed by atoms with E-state index in [1.54, 1.807) is 20.8 Å². The highest BCUT2D eigenvalue weighted by molar-refractivity contribution is 6.00. The molecule has 8 heteroatoms. The first kappa shape index (κ1) is 23.5. The molecule has 0 spiro atoms. The van der Waals surface area contributed by atoms with Gasteiger partial charge in [0.2, 0.25) is 0 Å². The molecule has 0 saturated heterocycles. The molecule has 0 radical (unpaired) electrons. The van der Waals surface area contributed by atoms with Crippen molar-refractivity contribution in [1.82, 2.24) is 5.32 Å². The maximum absolute atomic E-state index is 13.8. The fourth-order valence-corrected chi connectivity index (χ4v) is 3.59. The van der Waals surface area contributed by atoms with E-state index in [1.165, 1.54) is 18.2 Å². The van der Waals surface area contributed by atoms with E-state index >= 15 is 0 Å². The normalized spacial score (nSPS) is 17.0. The van der Waals surface area contributed by atoms with E-state index in [1.807, 2.05) is 6.92 Å². The average Bonchev–Trinajstić information content (AvgIpc) is 2.67. The van der Waals surface area contributed by atoms with Gasteiger partial charge in [-0.05, 0) is 38.8 Å². The number of halogens is 3. The maximum Gasteiger partial charge on any atom is 0.416 e. The highest BCUT2D eigenvalue weighted by atomic mass is 19.4. The molecule has 1 N–H and O–H groups in total. The third-order valence-corrected chi connectivity index (χ3v) is 4.71. The lowest BCUT2D eigenvalue weighted by molar-refractivity contribution is -0.142. The van der Waals surface area contributed by atoms with E-state index in [4.69, 9.17) is 9.47 Å². The first-order valence-corrected chi connectivity index (χ1v) is 9.88. The molecule has 0 aromatic heterocycles. The molecule has 0 fully saturated rings. The SMILES string of the molecule is CCCC1=C(C(=O)OCC)C(c2ccccc2C(F)(F)F)C(C(=O)OCC)=C(C)N1. The van der Waals surface area contributed by atoms with Crippen LogP contribution in [0, 0.1) is 0 Å². The Balaban J connectivity index is 2.84. The van der Waals surface area contributed by atoms with Crippen LogP contribution in [0.3, 0.4) is 0 Å². The number of dihydropyridines is 1. The van der Waals surface area contributed by atoms with Crippen LogP contribution in [0.1, 0.15) is 57.6 Å². The molecule has 164 valence electrons. The van der Waals surface area contributed by atoms with Gasteiger partial charge in [-0.1, -0.05) is 31.5 Å². The lowest BCUT2D eigenvalue weighted by Crippen LogP contribution is -2.34. The summed E-state index contributed by atoms with van der Waals surface area (Å²) >= 11 is 0. The Hall–Kier alpha value is -2.77. The Labute approximate surface area is 173 Å². The van der Waals surface area contributed by atoms with Gasteiger partial charge < -0.3 is 14.8 Å². The van der Waals surface area contributed by atoms with Gasteiger partial charge in [0.25, 0.3) is 0 Å². The van der Waals surface area contributed by atoms with Crippen molar-refractivity contribution < 1.29 is 32.2 Å². The molecule has 1 aromatic rings. The smallest absolute Gasteiger partial charge is 0.416 e. The van der Waals surface area contributed by atoms with E-state index in [0.717, 1.165) is 6.07 Å². The zero-order valence-corrected chi connectivity index (χ0v) is 17.5. The summed E-state index contributed by atoms with van der Waals surface area (Å²) in [5.41, 5.74) is -0.328. The molecule has 1 aromatic carbocycles. The molecular formula is C22H26F3NO4. The van der Waals surface area contributed by atoms with Gasteiger partial charge >= 0.3 is 18.1 Å². The summed E-state index contributed by atoms with van der Waals surface area (Å²) in [5.74, 6) is -2.80. The number of allylic oxidation sites excluding steroid dienone is 2. The quantitative estimate of drug-likeness (QED) is 0.633. The number of carbonyl (C=O) groups excluding carboxylic acids is 2. The third-order valence-electron chi connectivity index (χ3n) is 4.71. The van der Waals surface area contributed by atoms with Crippen molar-refractivity contribution in [2.24, 2.45) is 0 Å². The minimum Gasteiger partial charge on any atom is -0.463 e. The Bertz CT molecular complexity index is 871. The molecule has 0 aliphatic carbocycles. The Morgan fingerprint density at radius 2 is 1.57 bits per heavy atom. The second kappa shape index (κ2) is 9.82. The van der Waals surface area contributed by atoms with Crippen LogP contribution in [-0.2, 0) is 25.2 Å². The topological polar surface area (TPSA) is 64.6 Å². The van der Waals surface area contributed by atoms with Crippen LogP contribution >= 0.6 is 0 Å². The van der Waals surface area contributed by atoms with E-state index in [0.29, 0.717) is 24.2 Å². The summed E-state index contributed by atoms with van der Waals surface area (Å²) in [4.78, 5) is 25.7. The number of nitrogens with one attached hydrogen (secondary N) is 1. The van der Waals surface area contributed by atoms with Crippen molar-refractivity contribution in [3.8, 4) is 0 Å². The highest BCUT2D eigenvalue weighted by Crippen LogP contribution is 2.45. The number of benzene rings is 1. The summed E-state index contributed by atoms with van der Waals surface area (Å²) < 4.78 is 51.7. The largest absolute Gasteiger partial charge is 0.463 e. The minimum absolute atomic E-state index is 0.00375. The average molecular weight is 425 g/mol. The van der Waals surface area contributed by atoms with E-state index in [2.05, 4.69) is 5.32 Å². The Kier molecular flexibility index (Phi) is 7.70. The lowest BCUT2D eigenvalue weighted by atomic mass is 9.78. The van der Waals surface area contributed by atoms with Gasteiger partial charge in [-0.2, -0.15) is 13.2 Å². The number of rotatable bonds is 7. The van der Waals surface area contributed by atoms with Crippen LogP contribution in [0.2, 0.25) is 0 Å². The van der Waals surface area contributed by atoms with Crippen molar-refractivity contribution in [1.29, 1.82) is 0 Å². The number of hydrogen-bond donors (Lipinski definition) is 1. The van der Waals surface area contributed by atoms with Gasteiger partial charge in [-0.3, -0.25) is 0 Å². The van der Waals surface area contributed by atoms with Crippen molar-refractivity contribution in [3.05, 3.63) is 57.9 Å². The molecule has 5 nitrogen and oxygen atoms in total. The highest BCUT2D eigenvalue weighted by Gasteiger charge is 2.43. The molecule has 1 aliphatic rings. The molecule has 0 saturated carbocycles. The van der Waals surface area contributed by atoms with Crippen molar-refractivity contribution in [2.75, 3.05) is 13.2 Å². The van der Waals surface area contributed by atoms with Crippen molar-refractivity contribution in [2.45, 2.75) is 52.6 Å². The van der Waals surface area contributed by atoms with Gasteiger partial charge in [0, 0.05) is 11.4 Å². The zero-order valence-electron chi connectivity index (χ0n) is 17.5. The Morgan fingerprint density at radius 3 is 2.10 bits per heavy atom. The van der Waals surface area contributed by atoms with Gasteiger partial charge in [0.05, 0.1) is 35.8 Å². The van der Waals surface area contributed by atoms with E-state index < -0.39 is 29.6 Å². The van der Waals surface area contributed by atoms with Gasteiger partial charge in [0.15, 0.2) is 0 Å². The molecule has 1 unspecified atom stereocenters. The van der Waals surface area contributed by atoms with Crippen LogP contribution in [0.5, 0.6) is 0 Å². The van der Waals surface area contributed by atoms with Crippen molar-refractivity contribution >= 4 is 11.9 Å². The van der Waals surface area contributed by atoms with Crippen LogP contribution in [-0.4, -0.2) is 25.2 Å². The third kappa shape index (κ3) is 4.86. The van der Waals surface area contributed by atoms with Crippen LogP contribution in [0.4, 0.5) is 13.2 Å². The molecule has 1 atom stereocenters. The fraction of sp³-hybridized carbons (Fsp3) is 0.455. The van der Waals surface area contributed by atoms with E-state index in [9.17, 15) is 22.8 Å². The summed E-state index contributed by atoms with van der Waals surface area (Å²) in [6.07, 6.45) is -3.62. The minimum atomic E-state index is -4.67. The first-order chi connectivity index (χ1) is 14.2. The summed E-state index contributed by atoms with van der Waals surface area (Å²) in [7, 11) is 0. The molecule has 1 aliphatic heterocycles. The molecule has 0 bridgehead atoms. The number of esters is 2. The molecular weight excluding hydrogens is 399 g/mol. The van der Waals surface area contributed by atoms with Gasteiger partial charge in [-0.15, -0.1) is 0 Å². The monoisotopic (exact) mass is 425 g/mol. The number of hydrogen-bond acceptors (Lipinski definition) is 5. The first-order valence-electron chi connectivity index (χ1n) is 9.88. The Morgan fingerprint density at radius 1 is 1.00 bits per heavy atom. The molecule has 0 amide bonds. The maximum atomic E-state index is 13.8. The number of ether oxygens (including phenoxy) is 2. The second-order valence-electron chi connectivity index (χ2n) is 6.76. The fourth-order valence-electron chi connectivity index (χ4n) is 3.59. The van der Waals surface area contributed by atoms with Crippen LogP contribution in [0.15, 0.2) is 46.8 Å². The van der Waals surface area contributed by atoms with Crippen LogP contribution < -0.4 is 5.32 Å². The summed E-state index contributed by atoms with van der Waals surface area (Å²) in [6.45, 7) is 6.78. The molecule has 1 heterocycles. The zero-order chi connectivity index (χ0) is 22.5. The standard InChI is InChI=1S/C22H26F3NO4/c1-5-10-16-19(21(28)30-7-3)18(17(13(4)26-16)20(27)29-6-2)14-11-8-9-12-15(14)22(23,24)25/h8-9,11-12,18,26H,5-7,10H2,1-4H3. The lowest BCUT2D eigenvalue weighted by Gasteiger charge is -2.32. The van der Waals surface area contributed by atoms with Crippen molar-refractivity contribution in [3.63, 3.8) is 0 Å². The second-order valence-corrected chi connectivity index (χ2v) is 6.76. The summed E-state index contributed by atoms with van der Waals surface area (Å²) in [5, 5.41) is 3.03. The predicted octanol–water partition coefficient (Wildman–Crippen LogP) is 4.85. The number of alkyl halides is 3. The van der Waals surface area contributed by atoms with Gasteiger partial charge in [-0.25, -0.2) is 9.59 Å². The van der Waals surface area contributed by atoms with Crippen LogP contribution in [0.25, 0.3) is 0 Å². The molecule has 2 rings (SSSR count). The predicted molar refractivity (Wildman–Crippen MR) is 105 cm³/mol. The molecule has 30 heavy (non-hydrogen) atoms. The van der Waals surface area contributed by atoms with Gasteiger partial charge in [0.1, 0.15) is 0 Å². The van der Waals surface area contributed by atoms with E-state index in [-0.39, 0.29) is 29.9 Å².